The number of amides is 1. The van der Waals surface area contributed by atoms with Crippen molar-refractivity contribution in [1.29, 1.82) is 10.5 Å². The van der Waals surface area contributed by atoms with Crippen LogP contribution in [0.2, 0.25) is 0 Å². The molecule has 0 N–H and O–H groups in total. The first kappa shape index (κ1) is 20.1. The number of aromatic nitrogens is 2. The number of carbonyl (C=O) groups is 1. The third-order valence-electron chi connectivity index (χ3n) is 3.63. The molecule has 0 aliphatic heterocycles. The van der Waals surface area contributed by atoms with Crippen molar-refractivity contribution in [3.63, 3.8) is 0 Å². The highest BCUT2D eigenvalue weighted by Gasteiger charge is 2.17. The standard InChI is InChI=1S/C17H25N5OS/c1-13(2)11-22-15(4)14(3)20-17(22)24-12-16(23)21(9-5-7-18)10-6-8-19/h13H,5-6,9-12H2,1-4H3. The van der Waals surface area contributed by atoms with Crippen LogP contribution in [0.25, 0.3) is 0 Å². The van der Waals surface area contributed by atoms with Crippen LogP contribution in [0.15, 0.2) is 5.16 Å². The van der Waals surface area contributed by atoms with Crippen LogP contribution in [0.4, 0.5) is 0 Å². The van der Waals surface area contributed by atoms with E-state index in [-0.39, 0.29) is 24.5 Å². The van der Waals surface area contributed by atoms with E-state index in [0.29, 0.717) is 19.0 Å². The maximum Gasteiger partial charge on any atom is 0.233 e. The van der Waals surface area contributed by atoms with Gasteiger partial charge in [-0.1, -0.05) is 25.6 Å². The fraction of sp³-hybridized carbons (Fsp3) is 0.647. The average molecular weight is 347 g/mol. The molecule has 0 saturated heterocycles. The minimum Gasteiger partial charge on any atom is -0.340 e. The largest absolute Gasteiger partial charge is 0.340 e. The second-order valence-electron chi connectivity index (χ2n) is 6.06. The Morgan fingerprint density at radius 1 is 1.25 bits per heavy atom. The maximum atomic E-state index is 12.4. The van der Waals surface area contributed by atoms with Gasteiger partial charge in [-0.25, -0.2) is 4.98 Å². The first-order valence-electron chi connectivity index (χ1n) is 8.08. The van der Waals surface area contributed by atoms with E-state index in [9.17, 15) is 4.79 Å². The molecule has 0 saturated carbocycles. The smallest absolute Gasteiger partial charge is 0.233 e. The monoisotopic (exact) mass is 347 g/mol. The van der Waals surface area contributed by atoms with Gasteiger partial charge in [0.15, 0.2) is 5.16 Å². The zero-order chi connectivity index (χ0) is 18.1. The van der Waals surface area contributed by atoms with Crippen LogP contribution in [0.3, 0.4) is 0 Å². The molecule has 6 nitrogen and oxygen atoms in total. The second kappa shape index (κ2) is 10.00. The molecule has 0 aliphatic carbocycles. The second-order valence-corrected chi connectivity index (χ2v) is 7.00. The summed E-state index contributed by atoms with van der Waals surface area (Å²) in [5, 5.41) is 18.3. The maximum absolute atomic E-state index is 12.4. The normalized spacial score (nSPS) is 10.5. The summed E-state index contributed by atoms with van der Waals surface area (Å²) in [4.78, 5) is 18.6. The van der Waals surface area contributed by atoms with Crippen LogP contribution < -0.4 is 0 Å². The van der Waals surface area contributed by atoms with Crippen molar-refractivity contribution >= 4 is 17.7 Å². The third-order valence-corrected chi connectivity index (χ3v) is 4.60. The van der Waals surface area contributed by atoms with Gasteiger partial charge in [0.2, 0.25) is 5.91 Å². The fourth-order valence-electron chi connectivity index (χ4n) is 2.26. The number of thioether (sulfide) groups is 1. The molecule has 0 aliphatic rings. The lowest BCUT2D eigenvalue weighted by molar-refractivity contribution is -0.128. The summed E-state index contributed by atoms with van der Waals surface area (Å²) in [5.41, 5.74) is 2.11. The Bertz CT molecular complexity index is 621. The van der Waals surface area contributed by atoms with Crippen LogP contribution in [0.5, 0.6) is 0 Å². The predicted octanol–water partition coefficient (Wildman–Crippen LogP) is 2.90. The molecule has 0 atom stereocenters. The highest BCUT2D eigenvalue weighted by atomic mass is 32.2. The Morgan fingerprint density at radius 2 is 1.83 bits per heavy atom. The number of hydrogen-bond donors (Lipinski definition) is 0. The molecule has 0 aromatic carbocycles. The minimum absolute atomic E-state index is 0.0556. The Labute approximate surface area is 148 Å². The van der Waals surface area contributed by atoms with Crippen molar-refractivity contribution in [2.45, 2.75) is 52.2 Å². The van der Waals surface area contributed by atoms with E-state index in [1.54, 1.807) is 4.90 Å². The predicted molar refractivity (Wildman–Crippen MR) is 94.3 cm³/mol. The van der Waals surface area contributed by atoms with Gasteiger partial charge in [0, 0.05) is 25.3 Å². The number of carbonyl (C=O) groups excluding carboxylic acids is 1. The van der Waals surface area contributed by atoms with Crippen LogP contribution in [0, 0.1) is 42.4 Å². The lowest BCUT2D eigenvalue weighted by Crippen LogP contribution is -2.34. The summed E-state index contributed by atoms with van der Waals surface area (Å²) in [6, 6.07) is 4.09. The lowest BCUT2D eigenvalue weighted by atomic mass is 10.2. The lowest BCUT2D eigenvalue weighted by Gasteiger charge is -2.20. The van der Waals surface area contributed by atoms with Gasteiger partial charge < -0.3 is 9.47 Å². The van der Waals surface area contributed by atoms with Gasteiger partial charge in [0.25, 0.3) is 0 Å². The van der Waals surface area contributed by atoms with Crippen LogP contribution in [-0.2, 0) is 11.3 Å². The average Bonchev–Trinajstić information content (AvgIpc) is 2.80. The van der Waals surface area contributed by atoms with E-state index >= 15 is 0 Å². The van der Waals surface area contributed by atoms with E-state index in [4.69, 9.17) is 10.5 Å². The van der Waals surface area contributed by atoms with E-state index in [1.807, 2.05) is 26.0 Å². The number of nitrogens with zero attached hydrogens (tertiary/aromatic N) is 5. The zero-order valence-corrected chi connectivity index (χ0v) is 15.7. The van der Waals surface area contributed by atoms with Gasteiger partial charge >= 0.3 is 0 Å². The minimum atomic E-state index is -0.0556. The Hall–Kier alpha value is -1.99. The molecule has 0 bridgehead atoms. The van der Waals surface area contributed by atoms with Gasteiger partial charge in [0.1, 0.15) is 0 Å². The number of aryl methyl sites for hydroxylation is 1. The van der Waals surface area contributed by atoms with Crippen molar-refractivity contribution < 1.29 is 4.79 Å². The molecule has 0 unspecified atom stereocenters. The summed E-state index contributed by atoms with van der Waals surface area (Å²) in [5.74, 6) is 0.709. The summed E-state index contributed by atoms with van der Waals surface area (Å²) in [7, 11) is 0. The van der Waals surface area contributed by atoms with E-state index in [0.717, 1.165) is 23.1 Å². The van der Waals surface area contributed by atoms with E-state index < -0.39 is 0 Å². The van der Waals surface area contributed by atoms with Crippen molar-refractivity contribution in [2.24, 2.45) is 5.92 Å². The summed E-state index contributed by atoms with van der Waals surface area (Å²) in [6.45, 7) is 9.94. The van der Waals surface area contributed by atoms with E-state index in [2.05, 4.69) is 23.4 Å². The summed E-state index contributed by atoms with van der Waals surface area (Å²) in [6.07, 6.45) is 0.560. The number of nitriles is 2. The Morgan fingerprint density at radius 3 is 2.33 bits per heavy atom. The fourth-order valence-corrected chi connectivity index (χ4v) is 3.27. The first-order chi connectivity index (χ1) is 11.4. The van der Waals surface area contributed by atoms with E-state index in [1.165, 1.54) is 11.8 Å². The van der Waals surface area contributed by atoms with Crippen LogP contribution >= 0.6 is 11.8 Å². The van der Waals surface area contributed by atoms with Crippen molar-refractivity contribution in [1.82, 2.24) is 14.5 Å². The molecular weight excluding hydrogens is 322 g/mol. The molecule has 7 heteroatoms. The highest BCUT2D eigenvalue weighted by molar-refractivity contribution is 7.99. The quantitative estimate of drug-likeness (QED) is 0.641. The molecular formula is C17H25N5OS. The molecule has 0 radical (unpaired) electrons. The van der Waals surface area contributed by atoms with Crippen LogP contribution in [0.1, 0.15) is 38.1 Å². The van der Waals surface area contributed by atoms with Gasteiger partial charge in [-0.3, -0.25) is 4.79 Å². The zero-order valence-electron chi connectivity index (χ0n) is 14.9. The molecule has 1 rings (SSSR count). The summed E-state index contributed by atoms with van der Waals surface area (Å²) >= 11 is 1.42. The van der Waals surface area contributed by atoms with Gasteiger partial charge in [-0.2, -0.15) is 10.5 Å². The van der Waals surface area contributed by atoms with Crippen molar-refractivity contribution in [3.8, 4) is 12.1 Å². The van der Waals surface area contributed by atoms with Crippen molar-refractivity contribution in [2.75, 3.05) is 18.8 Å². The molecule has 0 spiro atoms. The summed E-state index contributed by atoms with van der Waals surface area (Å²) < 4.78 is 2.16. The molecule has 1 aromatic rings. The topological polar surface area (TPSA) is 85.7 Å². The molecule has 1 aromatic heterocycles. The van der Waals surface area contributed by atoms with Gasteiger partial charge in [-0.15, -0.1) is 0 Å². The SMILES string of the molecule is Cc1nc(SCC(=O)N(CCC#N)CCC#N)n(CC(C)C)c1C. The van der Waals surface area contributed by atoms with Crippen LogP contribution in [-0.4, -0.2) is 39.2 Å². The van der Waals surface area contributed by atoms with Gasteiger partial charge in [0.05, 0.1) is 36.4 Å². The molecule has 1 heterocycles. The molecule has 24 heavy (non-hydrogen) atoms. The number of imidazole rings is 1. The number of rotatable bonds is 9. The third kappa shape index (κ3) is 5.90. The van der Waals surface area contributed by atoms with Crippen molar-refractivity contribution in [3.05, 3.63) is 11.4 Å². The highest BCUT2D eigenvalue weighted by Crippen LogP contribution is 2.23. The Kier molecular flexibility index (Phi) is 8.35. The Balaban J connectivity index is 2.76. The molecule has 130 valence electrons. The first-order valence-corrected chi connectivity index (χ1v) is 9.07. The molecule has 0 fully saturated rings. The molecule has 1 amide bonds. The number of hydrogen-bond acceptors (Lipinski definition) is 5. The van der Waals surface area contributed by atoms with Gasteiger partial charge in [-0.05, 0) is 19.8 Å².